The normalized spacial score (nSPS) is 11.2. The van der Waals surface area contributed by atoms with Gasteiger partial charge in [0.2, 0.25) is 15.7 Å². The van der Waals surface area contributed by atoms with Crippen molar-refractivity contribution in [3.8, 4) is 6.07 Å². The number of aromatic nitrogens is 3. The largest absolute Gasteiger partial charge is 0.341 e. The van der Waals surface area contributed by atoms with E-state index in [1.165, 1.54) is 18.5 Å². The van der Waals surface area contributed by atoms with Crippen molar-refractivity contribution < 1.29 is 22.0 Å². The van der Waals surface area contributed by atoms with Gasteiger partial charge in [-0.05, 0) is 24.3 Å². The van der Waals surface area contributed by atoms with Crippen LogP contribution >= 0.6 is 0 Å². The monoisotopic (exact) mass is 341 g/mol. The van der Waals surface area contributed by atoms with Crippen LogP contribution in [0.3, 0.4) is 0 Å². The third kappa shape index (κ3) is 3.86. The zero-order chi connectivity index (χ0) is 17.0. The summed E-state index contributed by atoms with van der Waals surface area (Å²) in [6.45, 7) is -0.217. The summed E-state index contributed by atoms with van der Waals surface area (Å²) >= 11 is 0. The molecule has 11 heteroatoms. The molecule has 0 aliphatic heterocycles. The number of hydrogen-bond acceptors (Lipinski definition) is 6. The Labute approximate surface area is 129 Å². The number of amides is 1. The molecule has 1 aromatic heterocycles. The molecule has 2 aromatic rings. The predicted octanol–water partition coefficient (Wildman–Crippen LogP) is 0.785. The maximum Gasteiger partial charge on any atom is 0.341 e. The van der Waals surface area contributed by atoms with Crippen molar-refractivity contribution in [2.75, 3.05) is 5.32 Å². The number of nitrogens with one attached hydrogen (secondary N) is 1. The highest BCUT2D eigenvalue weighted by molar-refractivity contribution is 7.91. The van der Waals surface area contributed by atoms with Crippen LogP contribution in [0.5, 0.6) is 0 Å². The molecule has 0 unspecified atom stereocenters. The number of sulfone groups is 1. The first-order valence-electron chi connectivity index (χ1n) is 6.04. The van der Waals surface area contributed by atoms with Crippen molar-refractivity contribution in [3.05, 3.63) is 36.4 Å². The lowest BCUT2D eigenvalue weighted by Crippen LogP contribution is -2.19. The van der Waals surface area contributed by atoms with Gasteiger partial charge in [-0.3, -0.25) is 4.79 Å². The summed E-state index contributed by atoms with van der Waals surface area (Å²) in [6.07, 6.45) is 1.20. The lowest BCUT2D eigenvalue weighted by Gasteiger charge is -2.07. The van der Waals surface area contributed by atoms with Crippen molar-refractivity contribution >= 4 is 21.4 Å². The first-order valence-corrected chi connectivity index (χ1v) is 7.59. The highest BCUT2D eigenvalue weighted by Gasteiger charge is 2.26. The molecule has 0 radical (unpaired) electrons. The number of alkyl halides is 2. The molecule has 120 valence electrons. The quantitative estimate of drug-likeness (QED) is 0.859. The molecule has 1 heterocycles. The highest BCUT2D eigenvalue weighted by Crippen LogP contribution is 2.20. The fraction of sp³-hybridized carbons (Fsp3) is 0.167. The van der Waals surface area contributed by atoms with Gasteiger partial charge in [-0.15, -0.1) is 5.10 Å². The highest BCUT2D eigenvalue weighted by atomic mass is 32.2. The van der Waals surface area contributed by atoms with E-state index < -0.39 is 26.4 Å². The Balaban J connectivity index is 2.03. The average molecular weight is 341 g/mol. The van der Waals surface area contributed by atoms with Gasteiger partial charge in [-0.25, -0.2) is 18.1 Å². The molecule has 1 amide bonds. The van der Waals surface area contributed by atoms with Gasteiger partial charge in [-0.2, -0.15) is 14.0 Å². The SMILES string of the molecule is N#Cc1ncn(CC(=O)Nc2ccc(S(=O)(=O)C(F)F)cc2)n1. The number of rotatable bonds is 5. The maximum atomic E-state index is 12.4. The van der Waals surface area contributed by atoms with Crippen LogP contribution in [0.2, 0.25) is 0 Å². The molecule has 0 atom stereocenters. The van der Waals surface area contributed by atoms with Crippen LogP contribution < -0.4 is 5.32 Å². The second-order valence-corrected chi connectivity index (χ2v) is 6.17. The molecule has 0 bridgehead atoms. The molecule has 0 saturated heterocycles. The van der Waals surface area contributed by atoms with Crippen molar-refractivity contribution in [1.82, 2.24) is 14.8 Å². The summed E-state index contributed by atoms with van der Waals surface area (Å²) in [5.41, 5.74) is 0.226. The van der Waals surface area contributed by atoms with Crippen LogP contribution in [0.1, 0.15) is 5.82 Å². The molecular formula is C12H9F2N5O3S. The zero-order valence-electron chi connectivity index (χ0n) is 11.3. The number of nitrogens with zero attached hydrogens (tertiary/aromatic N) is 4. The first-order chi connectivity index (χ1) is 10.8. The second-order valence-electron chi connectivity index (χ2n) is 4.26. The molecule has 0 fully saturated rings. The molecule has 1 N–H and O–H groups in total. The third-order valence-corrected chi connectivity index (χ3v) is 4.04. The lowest BCUT2D eigenvalue weighted by atomic mass is 10.3. The lowest BCUT2D eigenvalue weighted by molar-refractivity contribution is -0.116. The Hall–Kier alpha value is -2.87. The Morgan fingerprint density at radius 1 is 1.35 bits per heavy atom. The topological polar surface area (TPSA) is 118 Å². The van der Waals surface area contributed by atoms with Crippen LogP contribution in [-0.4, -0.2) is 34.8 Å². The van der Waals surface area contributed by atoms with Crippen molar-refractivity contribution in [1.29, 1.82) is 5.26 Å². The Morgan fingerprint density at radius 2 is 2.00 bits per heavy atom. The molecule has 1 aromatic carbocycles. The molecule has 2 rings (SSSR count). The van der Waals surface area contributed by atoms with Crippen LogP contribution in [-0.2, 0) is 21.2 Å². The van der Waals surface area contributed by atoms with E-state index in [0.717, 1.165) is 16.8 Å². The fourth-order valence-electron chi connectivity index (χ4n) is 1.60. The molecular weight excluding hydrogens is 332 g/mol. The fourth-order valence-corrected chi connectivity index (χ4v) is 2.32. The van der Waals surface area contributed by atoms with Gasteiger partial charge < -0.3 is 5.32 Å². The number of carbonyl (C=O) groups is 1. The van der Waals surface area contributed by atoms with Gasteiger partial charge >= 0.3 is 5.76 Å². The third-order valence-electron chi connectivity index (χ3n) is 2.64. The van der Waals surface area contributed by atoms with E-state index in [1.807, 2.05) is 0 Å². The molecule has 23 heavy (non-hydrogen) atoms. The summed E-state index contributed by atoms with van der Waals surface area (Å²) in [4.78, 5) is 14.8. The minimum Gasteiger partial charge on any atom is -0.324 e. The van der Waals surface area contributed by atoms with Gasteiger partial charge in [-0.1, -0.05) is 0 Å². The smallest absolute Gasteiger partial charge is 0.324 e. The Kier molecular flexibility index (Phi) is 4.65. The van der Waals surface area contributed by atoms with E-state index in [1.54, 1.807) is 6.07 Å². The average Bonchev–Trinajstić information content (AvgIpc) is 2.95. The minimum absolute atomic E-state index is 0.0839. The van der Waals surface area contributed by atoms with Crippen LogP contribution in [0.25, 0.3) is 0 Å². The van der Waals surface area contributed by atoms with E-state index in [2.05, 4.69) is 15.4 Å². The van der Waals surface area contributed by atoms with Gasteiger partial charge in [0.1, 0.15) is 18.9 Å². The minimum atomic E-state index is -4.67. The van der Waals surface area contributed by atoms with Crippen LogP contribution in [0.15, 0.2) is 35.5 Å². The number of carbonyl (C=O) groups excluding carboxylic acids is 1. The van der Waals surface area contributed by atoms with E-state index in [-0.39, 0.29) is 18.1 Å². The zero-order valence-corrected chi connectivity index (χ0v) is 12.2. The summed E-state index contributed by atoms with van der Waals surface area (Å²) < 4.78 is 48.4. The number of anilines is 1. The first kappa shape index (κ1) is 16.5. The number of halogens is 2. The number of hydrogen-bond donors (Lipinski definition) is 1. The summed E-state index contributed by atoms with van der Waals surface area (Å²) in [5.74, 6) is -4.10. The second kappa shape index (κ2) is 6.49. The van der Waals surface area contributed by atoms with E-state index in [0.29, 0.717) is 0 Å². The van der Waals surface area contributed by atoms with Gasteiger partial charge in [0.25, 0.3) is 5.82 Å². The van der Waals surface area contributed by atoms with Crippen molar-refractivity contribution in [3.63, 3.8) is 0 Å². The maximum absolute atomic E-state index is 12.4. The number of benzene rings is 1. The standard InChI is InChI=1S/C12H9F2N5O3S/c13-12(14)23(21,22)9-3-1-8(2-4-9)17-11(20)6-19-7-16-10(5-15)18-19/h1-4,7,12H,6H2,(H,17,20). The van der Waals surface area contributed by atoms with Crippen molar-refractivity contribution in [2.45, 2.75) is 17.2 Å². The van der Waals surface area contributed by atoms with E-state index in [9.17, 15) is 22.0 Å². The predicted molar refractivity (Wildman–Crippen MR) is 73.0 cm³/mol. The molecule has 0 aliphatic carbocycles. The van der Waals surface area contributed by atoms with Gasteiger partial charge in [0, 0.05) is 5.69 Å². The molecule has 0 aliphatic rings. The van der Waals surface area contributed by atoms with Crippen LogP contribution in [0.4, 0.5) is 14.5 Å². The molecule has 0 saturated carbocycles. The van der Waals surface area contributed by atoms with Crippen molar-refractivity contribution in [2.24, 2.45) is 0 Å². The summed E-state index contributed by atoms with van der Waals surface area (Å²) in [5, 5.41) is 14.7. The van der Waals surface area contributed by atoms with E-state index >= 15 is 0 Å². The Morgan fingerprint density at radius 3 is 2.52 bits per heavy atom. The summed E-state index contributed by atoms with van der Waals surface area (Å²) in [6, 6.07) is 6.03. The molecule has 0 spiro atoms. The van der Waals surface area contributed by atoms with Crippen LogP contribution in [0, 0.1) is 11.3 Å². The summed E-state index contributed by atoms with van der Waals surface area (Å²) in [7, 11) is -4.67. The van der Waals surface area contributed by atoms with Gasteiger partial charge in [0.05, 0.1) is 4.90 Å². The van der Waals surface area contributed by atoms with E-state index in [4.69, 9.17) is 5.26 Å². The van der Waals surface area contributed by atoms with Gasteiger partial charge in [0.15, 0.2) is 0 Å². The molecule has 8 nitrogen and oxygen atoms in total. The Bertz CT molecular complexity index is 856. The number of nitriles is 1.